The van der Waals surface area contributed by atoms with Crippen molar-refractivity contribution in [3.05, 3.63) is 70.2 Å². The first kappa shape index (κ1) is 19.3. The van der Waals surface area contributed by atoms with Crippen LogP contribution in [0, 0.1) is 0 Å². The Bertz CT molecular complexity index is 1190. The monoisotopic (exact) mass is 472 g/mol. The molecule has 0 fully saturated rings. The van der Waals surface area contributed by atoms with Crippen LogP contribution in [-0.4, -0.2) is 22.6 Å². The van der Waals surface area contributed by atoms with Gasteiger partial charge in [0.25, 0.3) is 5.91 Å². The number of oxazole rings is 1. The molecule has 0 radical (unpaired) electrons. The van der Waals surface area contributed by atoms with Crippen LogP contribution < -0.4 is 10.1 Å². The summed E-state index contributed by atoms with van der Waals surface area (Å²) in [4.78, 5) is 16.6. The van der Waals surface area contributed by atoms with Gasteiger partial charge in [0, 0.05) is 16.3 Å². The Kier molecular flexibility index (Phi) is 5.42. The summed E-state index contributed by atoms with van der Waals surface area (Å²) in [6, 6.07) is 16.9. The van der Waals surface area contributed by atoms with Gasteiger partial charge in [-0.1, -0.05) is 11.6 Å². The van der Waals surface area contributed by atoms with Gasteiger partial charge in [0.15, 0.2) is 12.2 Å². The van der Waals surface area contributed by atoms with Crippen molar-refractivity contribution in [2.45, 2.75) is 0 Å². The van der Waals surface area contributed by atoms with Gasteiger partial charge in [-0.25, -0.2) is 4.98 Å². The van der Waals surface area contributed by atoms with E-state index in [1.165, 1.54) is 0 Å². The van der Waals surface area contributed by atoms with Gasteiger partial charge in [0.1, 0.15) is 17.0 Å². The zero-order chi connectivity index (χ0) is 20.4. The fourth-order valence-electron chi connectivity index (χ4n) is 2.65. The molecule has 146 valence electrons. The number of ether oxygens (including phenoxy) is 1. The van der Waals surface area contributed by atoms with Crippen LogP contribution >= 0.6 is 27.5 Å². The lowest BCUT2D eigenvalue weighted by Crippen LogP contribution is -2.20. The SMILES string of the molecule is O=C(COc1ccc(Cl)cc1)Nc1ccc2oc(-c3ccc(O)c(Br)c3)nc2c1. The van der Waals surface area contributed by atoms with Crippen LogP contribution in [0.3, 0.4) is 0 Å². The number of carbonyl (C=O) groups is 1. The molecule has 29 heavy (non-hydrogen) atoms. The number of phenols is 1. The second-order valence-electron chi connectivity index (χ2n) is 6.16. The molecule has 0 unspecified atom stereocenters. The molecule has 0 saturated heterocycles. The number of carbonyl (C=O) groups excluding carboxylic acids is 1. The molecule has 6 nitrogen and oxygen atoms in total. The molecule has 1 aromatic heterocycles. The number of phenolic OH excluding ortho intramolecular Hbond substituents is 1. The average molecular weight is 474 g/mol. The molecule has 1 amide bonds. The van der Waals surface area contributed by atoms with E-state index in [-0.39, 0.29) is 18.3 Å². The van der Waals surface area contributed by atoms with Gasteiger partial charge in [0.2, 0.25) is 5.89 Å². The highest BCUT2D eigenvalue weighted by Crippen LogP contribution is 2.31. The van der Waals surface area contributed by atoms with Crippen LogP contribution in [0.15, 0.2) is 69.6 Å². The van der Waals surface area contributed by atoms with Crippen LogP contribution in [0.1, 0.15) is 0 Å². The number of halogens is 2. The van der Waals surface area contributed by atoms with E-state index in [4.69, 9.17) is 20.8 Å². The Morgan fingerprint density at radius 3 is 2.69 bits per heavy atom. The van der Waals surface area contributed by atoms with Gasteiger partial charge in [-0.05, 0) is 76.6 Å². The molecule has 4 rings (SSSR count). The maximum Gasteiger partial charge on any atom is 0.262 e. The molecule has 0 aliphatic carbocycles. The Labute approximate surface area is 179 Å². The van der Waals surface area contributed by atoms with Crippen molar-refractivity contribution in [1.82, 2.24) is 4.98 Å². The highest BCUT2D eigenvalue weighted by atomic mass is 79.9. The van der Waals surface area contributed by atoms with Gasteiger partial charge in [0.05, 0.1) is 4.47 Å². The third-order valence-corrected chi connectivity index (χ3v) is 4.94. The predicted molar refractivity (Wildman–Crippen MR) is 114 cm³/mol. The van der Waals surface area contributed by atoms with Crippen molar-refractivity contribution >= 4 is 50.2 Å². The van der Waals surface area contributed by atoms with E-state index < -0.39 is 0 Å². The van der Waals surface area contributed by atoms with Crippen molar-refractivity contribution < 1.29 is 19.1 Å². The van der Waals surface area contributed by atoms with E-state index in [9.17, 15) is 9.90 Å². The van der Waals surface area contributed by atoms with Gasteiger partial charge < -0.3 is 19.6 Å². The normalized spacial score (nSPS) is 10.8. The summed E-state index contributed by atoms with van der Waals surface area (Å²) in [7, 11) is 0. The van der Waals surface area contributed by atoms with Crippen LogP contribution in [0.25, 0.3) is 22.6 Å². The standard InChI is InChI=1S/C21H14BrClN2O4/c22-16-9-12(1-7-18(16)26)21-25-17-10-14(4-8-19(17)29-21)24-20(27)11-28-15-5-2-13(23)3-6-15/h1-10,26H,11H2,(H,24,27). The van der Waals surface area contributed by atoms with Gasteiger partial charge in [-0.3, -0.25) is 4.79 Å². The van der Waals surface area contributed by atoms with E-state index >= 15 is 0 Å². The minimum atomic E-state index is -0.300. The quantitative estimate of drug-likeness (QED) is 0.392. The van der Waals surface area contributed by atoms with Crippen molar-refractivity contribution in [3.8, 4) is 23.0 Å². The molecule has 0 bridgehead atoms. The molecular formula is C21H14BrClN2O4. The fraction of sp³-hybridized carbons (Fsp3) is 0.0476. The summed E-state index contributed by atoms with van der Waals surface area (Å²) >= 11 is 9.10. The molecule has 0 spiro atoms. The molecule has 0 aliphatic rings. The summed E-state index contributed by atoms with van der Waals surface area (Å²) in [5, 5.41) is 13.0. The Morgan fingerprint density at radius 1 is 1.14 bits per heavy atom. The Balaban J connectivity index is 1.46. The summed E-state index contributed by atoms with van der Waals surface area (Å²) in [5.41, 5.74) is 2.47. The van der Waals surface area contributed by atoms with E-state index in [1.807, 2.05) is 0 Å². The van der Waals surface area contributed by atoms with Gasteiger partial charge in [-0.15, -0.1) is 0 Å². The van der Waals surface area contributed by atoms with Crippen LogP contribution in [-0.2, 0) is 4.79 Å². The van der Waals surface area contributed by atoms with Crippen molar-refractivity contribution in [2.75, 3.05) is 11.9 Å². The fourth-order valence-corrected chi connectivity index (χ4v) is 3.15. The number of benzene rings is 3. The van der Waals surface area contributed by atoms with Crippen molar-refractivity contribution in [1.29, 1.82) is 0 Å². The molecular weight excluding hydrogens is 460 g/mol. The number of amides is 1. The van der Waals surface area contributed by atoms with Crippen LogP contribution in [0.2, 0.25) is 5.02 Å². The number of aromatic hydroxyl groups is 1. The number of fused-ring (bicyclic) bond motifs is 1. The topological polar surface area (TPSA) is 84.6 Å². The lowest BCUT2D eigenvalue weighted by atomic mass is 10.2. The number of nitrogens with zero attached hydrogens (tertiary/aromatic N) is 1. The minimum Gasteiger partial charge on any atom is -0.507 e. The second kappa shape index (κ2) is 8.14. The summed E-state index contributed by atoms with van der Waals surface area (Å²) in [6.07, 6.45) is 0. The highest BCUT2D eigenvalue weighted by molar-refractivity contribution is 9.10. The largest absolute Gasteiger partial charge is 0.507 e. The smallest absolute Gasteiger partial charge is 0.262 e. The molecule has 1 heterocycles. The lowest BCUT2D eigenvalue weighted by molar-refractivity contribution is -0.118. The zero-order valence-electron chi connectivity index (χ0n) is 14.9. The van der Waals surface area contributed by atoms with E-state index in [0.29, 0.717) is 43.5 Å². The maximum absolute atomic E-state index is 12.1. The lowest BCUT2D eigenvalue weighted by Gasteiger charge is -2.07. The zero-order valence-corrected chi connectivity index (χ0v) is 17.2. The average Bonchev–Trinajstić information content (AvgIpc) is 3.13. The van der Waals surface area contributed by atoms with Gasteiger partial charge in [-0.2, -0.15) is 0 Å². The Hall–Kier alpha value is -3.03. The number of anilines is 1. The molecule has 8 heteroatoms. The first-order valence-corrected chi connectivity index (χ1v) is 9.73. The third-order valence-electron chi connectivity index (χ3n) is 4.05. The number of hydrogen-bond donors (Lipinski definition) is 2. The number of aromatic nitrogens is 1. The minimum absolute atomic E-state index is 0.134. The van der Waals surface area contributed by atoms with E-state index in [1.54, 1.807) is 60.7 Å². The van der Waals surface area contributed by atoms with Crippen molar-refractivity contribution in [3.63, 3.8) is 0 Å². The summed E-state index contributed by atoms with van der Waals surface area (Å²) in [6.45, 7) is -0.134. The van der Waals surface area contributed by atoms with Crippen LogP contribution in [0.4, 0.5) is 5.69 Å². The molecule has 3 aromatic carbocycles. The summed E-state index contributed by atoms with van der Waals surface area (Å²) < 4.78 is 11.7. The van der Waals surface area contributed by atoms with E-state index in [0.717, 1.165) is 0 Å². The van der Waals surface area contributed by atoms with Crippen LogP contribution in [0.5, 0.6) is 11.5 Å². The van der Waals surface area contributed by atoms with E-state index in [2.05, 4.69) is 26.2 Å². The number of hydrogen-bond acceptors (Lipinski definition) is 5. The predicted octanol–water partition coefficient (Wildman–Crippen LogP) is 5.63. The van der Waals surface area contributed by atoms with Crippen molar-refractivity contribution in [2.24, 2.45) is 0 Å². The maximum atomic E-state index is 12.1. The second-order valence-corrected chi connectivity index (χ2v) is 7.45. The molecule has 4 aromatic rings. The molecule has 0 atom stereocenters. The first-order chi connectivity index (χ1) is 14.0. The number of rotatable bonds is 5. The summed E-state index contributed by atoms with van der Waals surface area (Å²) in [5.74, 6) is 0.803. The van der Waals surface area contributed by atoms with Gasteiger partial charge >= 0.3 is 0 Å². The molecule has 0 saturated carbocycles. The molecule has 0 aliphatic heterocycles. The Morgan fingerprint density at radius 2 is 1.93 bits per heavy atom. The third kappa shape index (κ3) is 4.52. The highest BCUT2D eigenvalue weighted by Gasteiger charge is 2.12. The molecule has 2 N–H and O–H groups in total. The first-order valence-electron chi connectivity index (χ1n) is 8.55. The number of nitrogens with one attached hydrogen (secondary N) is 1.